The van der Waals surface area contributed by atoms with Crippen molar-refractivity contribution in [2.24, 2.45) is 56.2 Å². The van der Waals surface area contributed by atoms with E-state index in [4.69, 9.17) is 0 Å². The first-order valence-corrected chi connectivity index (χ1v) is 15.5. The second-order valence-corrected chi connectivity index (χ2v) is 16.3. The first-order valence-electron chi connectivity index (χ1n) is 15.5. The van der Waals surface area contributed by atoms with Crippen LogP contribution in [-0.2, 0) is 14.4 Å². The number of nitriles is 1. The molecule has 8 atom stereocenters. The van der Waals surface area contributed by atoms with Crippen LogP contribution in [0.2, 0.25) is 0 Å². The summed E-state index contributed by atoms with van der Waals surface area (Å²) in [7, 11) is 0. The van der Waals surface area contributed by atoms with E-state index in [2.05, 4.69) is 46.0 Å². The van der Waals surface area contributed by atoms with Gasteiger partial charge >= 0.3 is 0 Å². The molecular weight excluding hydrogens is 503 g/mol. The van der Waals surface area contributed by atoms with Gasteiger partial charge in [0.05, 0.1) is 5.57 Å². The maximum Gasteiger partial charge on any atom is 0.220 e. The van der Waals surface area contributed by atoms with E-state index in [0.717, 1.165) is 44.9 Å². The van der Waals surface area contributed by atoms with Crippen molar-refractivity contribution in [3.8, 4) is 6.07 Å². The fourth-order valence-electron chi connectivity index (χ4n) is 11.3. The minimum absolute atomic E-state index is 0.0434. The Morgan fingerprint density at radius 3 is 2.33 bits per heavy atom. The van der Waals surface area contributed by atoms with Gasteiger partial charge in [-0.15, -0.1) is 0 Å². The standard InChI is InChI=1S/C34H49FN2O3/c1-29(2)10-12-34(19-26(39)37-15-14-35)13-11-33(7)27(22(34)18-29)23(38)16-25-31(5)17-21(20-36)28(40)30(3,4)24(31)8-9-32(25,33)6/h17,22,24-25,27H,8-16,18-19H2,1-7H3,(H,37,39)/t22-,24+,25-,27+,31+,32-,33-,34-/m1/s1. The SMILES string of the molecule is CC1(C)CC[C@]2(CC(=O)NCCF)CC[C@]3(C)[C@H](C(=O)C[C@@H]4[C@@]5(C)C=C(C#N)C(=O)C(C)(C)[C@@H]5CC[C@]43C)[C@H]2C1. The molecule has 5 aliphatic rings. The highest BCUT2D eigenvalue weighted by molar-refractivity contribution is 6.04. The molecule has 0 aromatic rings. The molecule has 1 N–H and O–H groups in total. The number of hydrogen-bond acceptors (Lipinski definition) is 4. The average molecular weight is 553 g/mol. The van der Waals surface area contributed by atoms with E-state index in [-0.39, 0.29) is 69.1 Å². The predicted octanol–water partition coefficient (Wildman–Crippen LogP) is 6.76. The molecule has 0 aromatic heterocycles. The number of allylic oxidation sites excluding steroid dienone is 2. The molecule has 6 heteroatoms. The third-order valence-corrected chi connectivity index (χ3v) is 13.6. The third-order valence-electron chi connectivity index (χ3n) is 13.6. The number of carbonyl (C=O) groups excluding carboxylic acids is 3. The van der Waals surface area contributed by atoms with Crippen LogP contribution in [0.25, 0.3) is 0 Å². The number of alkyl halides is 1. The van der Waals surface area contributed by atoms with Gasteiger partial charge in [0.1, 0.15) is 18.5 Å². The van der Waals surface area contributed by atoms with E-state index in [0.29, 0.717) is 18.6 Å². The van der Waals surface area contributed by atoms with Crippen molar-refractivity contribution in [1.29, 1.82) is 5.26 Å². The molecule has 220 valence electrons. The number of carbonyl (C=O) groups is 3. The van der Waals surface area contributed by atoms with Crippen LogP contribution in [0.5, 0.6) is 0 Å². The number of ketones is 2. The largest absolute Gasteiger partial charge is 0.353 e. The highest BCUT2D eigenvalue weighted by Crippen LogP contribution is 2.76. The van der Waals surface area contributed by atoms with Crippen molar-refractivity contribution in [3.05, 3.63) is 11.6 Å². The van der Waals surface area contributed by atoms with Crippen LogP contribution in [0.3, 0.4) is 0 Å². The molecule has 5 nitrogen and oxygen atoms in total. The van der Waals surface area contributed by atoms with E-state index in [1.54, 1.807) is 0 Å². The zero-order chi connectivity index (χ0) is 29.5. The topological polar surface area (TPSA) is 87.0 Å². The Labute approximate surface area is 240 Å². The fourth-order valence-corrected chi connectivity index (χ4v) is 11.3. The fraction of sp³-hybridized carbons (Fsp3) is 0.824. The second-order valence-electron chi connectivity index (χ2n) is 16.3. The Morgan fingerprint density at radius 2 is 1.68 bits per heavy atom. The van der Waals surface area contributed by atoms with Crippen molar-refractivity contribution in [2.45, 2.75) is 106 Å². The van der Waals surface area contributed by atoms with Crippen LogP contribution in [-0.4, -0.2) is 30.7 Å². The number of fused-ring (bicyclic) bond motifs is 7. The number of nitrogens with one attached hydrogen (secondary N) is 1. The Morgan fingerprint density at radius 1 is 1.00 bits per heavy atom. The summed E-state index contributed by atoms with van der Waals surface area (Å²) >= 11 is 0. The van der Waals surface area contributed by atoms with Crippen molar-refractivity contribution in [1.82, 2.24) is 5.32 Å². The maximum atomic E-state index is 14.6. The van der Waals surface area contributed by atoms with Crippen molar-refractivity contribution < 1.29 is 18.8 Å². The molecule has 5 aliphatic carbocycles. The van der Waals surface area contributed by atoms with Crippen molar-refractivity contribution in [2.75, 3.05) is 13.2 Å². The molecule has 1 amide bonds. The first kappa shape index (κ1) is 29.5. The number of rotatable bonds is 4. The molecule has 0 bridgehead atoms. The van der Waals surface area contributed by atoms with Gasteiger partial charge < -0.3 is 5.32 Å². The van der Waals surface area contributed by atoms with Gasteiger partial charge in [-0.2, -0.15) is 5.26 Å². The lowest BCUT2D eigenvalue weighted by atomic mass is 9.31. The molecule has 0 unspecified atom stereocenters. The Balaban J connectivity index is 1.58. The quantitative estimate of drug-likeness (QED) is 0.417. The van der Waals surface area contributed by atoms with Gasteiger partial charge in [0, 0.05) is 30.7 Å². The van der Waals surface area contributed by atoms with E-state index < -0.39 is 17.5 Å². The highest BCUT2D eigenvalue weighted by atomic mass is 19.1. The molecule has 40 heavy (non-hydrogen) atoms. The highest BCUT2D eigenvalue weighted by Gasteiger charge is 2.72. The van der Waals surface area contributed by atoms with Crippen LogP contribution in [0.1, 0.15) is 106 Å². The van der Waals surface area contributed by atoms with Gasteiger partial charge in [0.2, 0.25) is 5.91 Å². The van der Waals surface area contributed by atoms with E-state index in [1.165, 1.54) is 0 Å². The molecule has 0 aliphatic heterocycles. The van der Waals surface area contributed by atoms with Crippen molar-refractivity contribution in [3.63, 3.8) is 0 Å². The van der Waals surface area contributed by atoms with Gasteiger partial charge in [-0.05, 0) is 89.8 Å². The summed E-state index contributed by atoms with van der Waals surface area (Å²) < 4.78 is 12.9. The molecule has 0 saturated heterocycles. The molecule has 0 radical (unpaired) electrons. The molecule has 0 aromatic carbocycles. The Kier molecular flexibility index (Phi) is 6.80. The summed E-state index contributed by atoms with van der Waals surface area (Å²) in [5.74, 6) is 0.306. The third kappa shape index (κ3) is 3.92. The number of Topliss-reactive ketones (excluding diaryl/α,β-unsaturated/α-hetero) is 2. The summed E-state index contributed by atoms with van der Waals surface area (Å²) in [4.78, 5) is 40.9. The van der Waals surface area contributed by atoms with Crippen molar-refractivity contribution >= 4 is 17.5 Å². The summed E-state index contributed by atoms with van der Waals surface area (Å²) in [5, 5.41) is 12.7. The Hall–Kier alpha value is -2.03. The number of halogens is 1. The molecular formula is C34H49FN2O3. The summed E-state index contributed by atoms with van der Waals surface area (Å²) in [6, 6.07) is 2.20. The van der Waals surface area contributed by atoms with E-state index >= 15 is 0 Å². The number of hydrogen-bond donors (Lipinski definition) is 1. The van der Waals surface area contributed by atoms with Crippen LogP contribution < -0.4 is 5.32 Å². The van der Waals surface area contributed by atoms with Gasteiger partial charge in [-0.3, -0.25) is 14.4 Å². The smallest absolute Gasteiger partial charge is 0.220 e. The molecule has 4 fully saturated rings. The minimum atomic E-state index is -0.640. The second kappa shape index (κ2) is 9.23. The first-order chi connectivity index (χ1) is 18.5. The molecule has 4 saturated carbocycles. The normalized spacial score (nSPS) is 45.1. The van der Waals surface area contributed by atoms with Gasteiger partial charge in [0.25, 0.3) is 0 Å². The minimum Gasteiger partial charge on any atom is -0.353 e. The molecule has 0 spiro atoms. The van der Waals surface area contributed by atoms with E-state index in [1.807, 2.05) is 19.9 Å². The summed E-state index contributed by atoms with van der Waals surface area (Å²) in [6.07, 6.45) is 9.34. The molecule has 5 rings (SSSR count). The monoisotopic (exact) mass is 552 g/mol. The summed E-state index contributed by atoms with van der Waals surface area (Å²) in [6.45, 7) is 15.0. The lowest BCUT2D eigenvalue weighted by Crippen LogP contribution is -2.68. The lowest BCUT2D eigenvalue weighted by molar-refractivity contribution is -0.223. The van der Waals surface area contributed by atoms with Crippen LogP contribution >= 0.6 is 0 Å². The van der Waals surface area contributed by atoms with Crippen LogP contribution in [0.15, 0.2) is 11.6 Å². The number of nitrogens with zero attached hydrogens (tertiary/aromatic N) is 1. The molecule has 0 heterocycles. The van der Waals surface area contributed by atoms with Crippen LogP contribution in [0, 0.1) is 67.5 Å². The predicted molar refractivity (Wildman–Crippen MR) is 153 cm³/mol. The zero-order valence-corrected chi connectivity index (χ0v) is 25.7. The maximum absolute atomic E-state index is 14.6. The number of amides is 1. The Bertz CT molecular complexity index is 1200. The average Bonchev–Trinajstić information content (AvgIpc) is 2.87. The van der Waals surface area contributed by atoms with Gasteiger partial charge in [-0.1, -0.05) is 54.5 Å². The lowest BCUT2D eigenvalue weighted by Gasteiger charge is -2.72. The van der Waals surface area contributed by atoms with Gasteiger partial charge in [-0.25, -0.2) is 4.39 Å². The van der Waals surface area contributed by atoms with Crippen LogP contribution in [0.4, 0.5) is 4.39 Å². The zero-order valence-electron chi connectivity index (χ0n) is 25.7. The summed E-state index contributed by atoms with van der Waals surface area (Å²) in [5.41, 5.74) is -1.29. The van der Waals surface area contributed by atoms with E-state index in [9.17, 15) is 24.0 Å². The van der Waals surface area contributed by atoms with Gasteiger partial charge in [0.15, 0.2) is 5.78 Å².